The summed E-state index contributed by atoms with van der Waals surface area (Å²) >= 11 is 0. The molecule has 0 unspecified atom stereocenters. The first-order valence-electron chi connectivity index (χ1n) is 9.11. The molecular weight excluding hydrogens is 344 g/mol. The van der Waals surface area contributed by atoms with Gasteiger partial charge >= 0.3 is 6.03 Å². The third-order valence-electron chi connectivity index (χ3n) is 4.60. The van der Waals surface area contributed by atoms with Crippen molar-refractivity contribution in [1.82, 2.24) is 19.4 Å². The maximum absolute atomic E-state index is 11.8. The normalized spacial score (nSPS) is 11.6. The highest BCUT2D eigenvalue weighted by Crippen LogP contribution is 2.29. The zero-order chi connectivity index (χ0) is 19.6. The molecule has 3 aromatic rings. The first kappa shape index (κ1) is 18.9. The fourth-order valence-electron chi connectivity index (χ4n) is 3.28. The molecule has 1 aromatic carbocycles. The number of aromatic nitrogens is 3. The number of carbonyl (C=O) groups excluding carboxylic acids is 1. The topological polar surface area (TPSA) is 112 Å². The van der Waals surface area contributed by atoms with Crippen LogP contribution in [0.1, 0.15) is 26.6 Å². The van der Waals surface area contributed by atoms with Crippen molar-refractivity contribution in [3.8, 4) is 0 Å². The highest BCUT2D eigenvalue weighted by Gasteiger charge is 2.19. The Kier molecular flexibility index (Phi) is 5.46. The predicted octanol–water partition coefficient (Wildman–Crippen LogP) is 2.49. The van der Waals surface area contributed by atoms with Crippen molar-refractivity contribution >= 4 is 33.8 Å². The quantitative estimate of drug-likeness (QED) is 0.663. The van der Waals surface area contributed by atoms with E-state index in [0.717, 1.165) is 22.2 Å². The van der Waals surface area contributed by atoms with Gasteiger partial charge in [0.15, 0.2) is 5.82 Å². The number of pyridine rings is 1. The van der Waals surface area contributed by atoms with Crippen LogP contribution >= 0.6 is 0 Å². The molecule has 2 amide bonds. The van der Waals surface area contributed by atoms with E-state index in [9.17, 15) is 4.79 Å². The summed E-state index contributed by atoms with van der Waals surface area (Å²) in [5, 5.41) is 0.965. The predicted molar refractivity (Wildman–Crippen MR) is 106 cm³/mol. The number of nitrogens with zero attached hydrogens (tertiary/aromatic N) is 4. The van der Waals surface area contributed by atoms with E-state index in [1.54, 1.807) is 4.90 Å². The van der Waals surface area contributed by atoms with Gasteiger partial charge in [0.1, 0.15) is 17.9 Å². The molecule has 8 heteroatoms. The molecule has 27 heavy (non-hydrogen) atoms. The second-order valence-electron chi connectivity index (χ2n) is 6.65. The SMILES string of the molecule is CCOCc1nc2c(N)nc3ccccc3c2n1CCN(C(N)=O)C(C)C. The van der Waals surface area contributed by atoms with Gasteiger partial charge in [-0.2, -0.15) is 0 Å². The summed E-state index contributed by atoms with van der Waals surface area (Å²) in [6.45, 7) is 7.76. The number of para-hydroxylation sites is 1. The molecule has 2 aromatic heterocycles. The Balaban J connectivity index is 2.13. The van der Waals surface area contributed by atoms with E-state index >= 15 is 0 Å². The number of amides is 2. The van der Waals surface area contributed by atoms with Crippen LogP contribution in [0.25, 0.3) is 21.9 Å². The summed E-state index contributed by atoms with van der Waals surface area (Å²) in [7, 11) is 0. The average Bonchev–Trinajstić information content (AvgIpc) is 2.99. The Morgan fingerprint density at radius 2 is 2.04 bits per heavy atom. The number of nitrogen functional groups attached to an aromatic ring is 1. The van der Waals surface area contributed by atoms with Crippen molar-refractivity contribution < 1.29 is 9.53 Å². The zero-order valence-corrected chi connectivity index (χ0v) is 16.0. The molecule has 3 rings (SSSR count). The molecule has 4 N–H and O–H groups in total. The molecule has 0 aliphatic heterocycles. The Morgan fingerprint density at radius 1 is 1.30 bits per heavy atom. The van der Waals surface area contributed by atoms with Crippen LogP contribution in [0.15, 0.2) is 24.3 Å². The minimum absolute atomic E-state index is 0.0103. The minimum atomic E-state index is -0.438. The van der Waals surface area contributed by atoms with Gasteiger partial charge in [0.2, 0.25) is 0 Å². The number of benzene rings is 1. The summed E-state index contributed by atoms with van der Waals surface area (Å²) in [5.74, 6) is 1.14. The summed E-state index contributed by atoms with van der Waals surface area (Å²) in [4.78, 5) is 22.5. The summed E-state index contributed by atoms with van der Waals surface area (Å²) in [6.07, 6.45) is 0. The van der Waals surface area contributed by atoms with Gasteiger partial charge < -0.3 is 25.7 Å². The van der Waals surface area contributed by atoms with Crippen molar-refractivity contribution in [1.29, 1.82) is 0 Å². The van der Waals surface area contributed by atoms with Gasteiger partial charge in [-0.05, 0) is 26.8 Å². The lowest BCUT2D eigenvalue weighted by molar-refractivity contribution is 0.125. The molecule has 0 bridgehead atoms. The van der Waals surface area contributed by atoms with Crippen LogP contribution in [-0.4, -0.2) is 44.7 Å². The number of primary amides is 1. The van der Waals surface area contributed by atoms with Gasteiger partial charge in [-0.15, -0.1) is 0 Å². The number of anilines is 1. The molecule has 0 radical (unpaired) electrons. The molecule has 8 nitrogen and oxygen atoms in total. The molecule has 144 valence electrons. The first-order valence-corrected chi connectivity index (χ1v) is 9.11. The number of nitrogens with two attached hydrogens (primary N) is 2. The van der Waals surface area contributed by atoms with Crippen LogP contribution in [0.2, 0.25) is 0 Å². The third kappa shape index (κ3) is 3.66. The lowest BCUT2D eigenvalue weighted by Gasteiger charge is -2.25. The van der Waals surface area contributed by atoms with E-state index in [-0.39, 0.29) is 6.04 Å². The van der Waals surface area contributed by atoms with Crippen LogP contribution in [0.5, 0.6) is 0 Å². The number of ether oxygens (including phenoxy) is 1. The molecule has 0 atom stereocenters. The highest BCUT2D eigenvalue weighted by atomic mass is 16.5. The van der Waals surface area contributed by atoms with Gasteiger partial charge in [-0.1, -0.05) is 18.2 Å². The van der Waals surface area contributed by atoms with Crippen LogP contribution in [0.4, 0.5) is 10.6 Å². The third-order valence-corrected chi connectivity index (χ3v) is 4.60. The van der Waals surface area contributed by atoms with Gasteiger partial charge in [-0.3, -0.25) is 0 Å². The number of urea groups is 1. The standard InChI is InChI=1S/C19H26N6O2/c1-4-27-11-15-23-16-17(13-7-5-6-8-14(13)22-18(16)20)25(15)10-9-24(12(2)3)19(21)26/h5-8,12H,4,9-11H2,1-3H3,(H2,20,22)(H2,21,26). The molecule has 0 aliphatic carbocycles. The number of carbonyl (C=O) groups is 1. The number of rotatable bonds is 7. The van der Waals surface area contributed by atoms with Crippen molar-refractivity contribution in [2.24, 2.45) is 5.73 Å². The molecule has 0 saturated heterocycles. The molecule has 0 saturated carbocycles. The summed E-state index contributed by atoms with van der Waals surface area (Å²) < 4.78 is 7.65. The summed E-state index contributed by atoms with van der Waals surface area (Å²) in [6, 6.07) is 7.39. The molecule has 0 aliphatic rings. The van der Waals surface area contributed by atoms with Crippen LogP contribution in [0, 0.1) is 0 Å². The highest BCUT2D eigenvalue weighted by molar-refractivity contribution is 6.06. The maximum atomic E-state index is 11.8. The van der Waals surface area contributed by atoms with E-state index in [2.05, 4.69) is 14.5 Å². The van der Waals surface area contributed by atoms with Crippen molar-refractivity contribution in [3.05, 3.63) is 30.1 Å². The lowest BCUT2D eigenvalue weighted by atomic mass is 10.2. The molecule has 0 fully saturated rings. The van der Waals surface area contributed by atoms with E-state index in [4.69, 9.17) is 16.2 Å². The monoisotopic (exact) mass is 370 g/mol. The maximum Gasteiger partial charge on any atom is 0.315 e. The fourth-order valence-corrected chi connectivity index (χ4v) is 3.28. The van der Waals surface area contributed by atoms with E-state index in [1.807, 2.05) is 45.0 Å². The molecule has 0 spiro atoms. The second kappa shape index (κ2) is 7.79. The minimum Gasteiger partial charge on any atom is -0.382 e. The van der Waals surface area contributed by atoms with Gasteiger partial charge in [0.25, 0.3) is 0 Å². The Hall–Kier alpha value is -2.87. The molecule has 2 heterocycles. The zero-order valence-electron chi connectivity index (χ0n) is 16.0. The van der Waals surface area contributed by atoms with Gasteiger partial charge in [0, 0.05) is 31.1 Å². The van der Waals surface area contributed by atoms with Crippen molar-refractivity contribution in [2.75, 3.05) is 18.9 Å². The van der Waals surface area contributed by atoms with E-state index < -0.39 is 6.03 Å². The first-order chi connectivity index (χ1) is 12.9. The van der Waals surface area contributed by atoms with Crippen LogP contribution in [0.3, 0.4) is 0 Å². The Bertz CT molecular complexity index is 966. The smallest absolute Gasteiger partial charge is 0.315 e. The second-order valence-corrected chi connectivity index (χ2v) is 6.65. The summed E-state index contributed by atoms with van der Waals surface area (Å²) in [5.41, 5.74) is 14.1. The number of hydrogen-bond donors (Lipinski definition) is 2. The van der Waals surface area contributed by atoms with Gasteiger partial charge in [-0.25, -0.2) is 14.8 Å². The van der Waals surface area contributed by atoms with Crippen molar-refractivity contribution in [2.45, 2.75) is 40.0 Å². The van der Waals surface area contributed by atoms with E-state index in [0.29, 0.717) is 37.6 Å². The van der Waals surface area contributed by atoms with E-state index in [1.165, 1.54) is 0 Å². The number of imidazole rings is 1. The van der Waals surface area contributed by atoms with Gasteiger partial charge in [0.05, 0.1) is 11.0 Å². The number of hydrogen-bond acceptors (Lipinski definition) is 5. The lowest BCUT2D eigenvalue weighted by Crippen LogP contribution is -2.42. The fraction of sp³-hybridized carbons (Fsp3) is 0.421. The van der Waals surface area contributed by atoms with Crippen molar-refractivity contribution in [3.63, 3.8) is 0 Å². The Morgan fingerprint density at radius 3 is 2.70 bits per heavy atom. The van der Waals surface area contributed by atoms with Crippen LogP contribution < -0.4 is 11.5 Å². The number of fused-ring (bicyclic) bond motifs is 3. The Labute approximate surface area is 158 Å². The average molecular weight is 370 g/mol. The van der Waals surface area contributed by atoms with Crippen LogP contribution in [-0.2, 0) is 17.9 Å². The largest absolute Gasteiger partial charge is 0.382 e. The molecular formula is C19H26N6O2.